The minimum atomic E-state index is -4.83. The molecule has 0 bridgehead atoms. The molecule has 0 aliphatic heterocycles. The topological polar surface area (TPSA) is 118 Å². The summed E-state index contributed by atoms with van der Waals surface area (Å²) in [6.07, 6.45) is 3.30. The van der Waals surface area contributed by atoms with Gasteiger partial charge in [0.2, 0.25) is 0 Å². The molecule has 7 nitrogen and oxygen atoms in total. The molecular formula is C14H28CaO7S. The molecule has 2 N–H and O–H groups in total. The molecule has 0 saturated heterocycles. The molecule has 9 heteroatoms. The summed E-state index contributed by atoms with van der Waals surface area (Å²) in [5.74, 6) is -2.70. The van der Waals surface area contributed by atoms with E-state index in [-0.39, 0.29) is 37.7 Å². The van der Waals surface area contributed by atoms with Crippen LogP contribution in [0.1, 0.15) is 65.7 Å². The van der Waals surface area contributed by atoms with Gasteiger partial charge in [0.15, 0.2) is 5.25 Å². The van der Waals surface area contributed by atoms with Gasteiger partial charge < -0.3 is 9.84 Å². The SMILES string of the molecule is CCCCCC(CC)(CC)OC(=O)C(CC(=O)O)S(=O)(=O)O.[CaH2]. The van der Waals surface area contributed by atoms with Crippen molar-refractivity contribution in [1.82, 2.24) is 0 Å². The fraction of sp³-hybridized carbons (Fsp3) is 0.857. The van der Waals surface area contributed by atoms with E-state index >= 15 is 0 Å². The average molecular weight is 381 g/mol. The van der Waals surface area contributed by atoms with Crippen molar-refractivity contribution in [2.45, 2.75) is 76.6 Å². The van der Waals surface area contributed by atoms with E-state index in [1.807, 2.05) is 20.8 Å². The van der Waals surface area contributed by atoms with E-state index in [9.17, 15) is 18.0 Å². The molecule has 0 amide bonds. The first-order chi connectivity index (χ1) is 10.1. The monoisotopic (exact) mass is 380 g/mol. The summed E-state index contributed by atoms with van der Waals surface area (Å²) in [7, 11) is -4.83. The number of esters is 1. The maximum absolute atomic E-state index is 12.1. The van der Waals surface area contributed by atoms with Crippen molar-refractivity contribution >= 4 is 59.8 Å². The van der Waals surface area contributed by atoms with E-state index < -0.39 is 39.3 Å². The van der Waals surface area contributed by atoms with E-state index in [1.54, 1.807) is 0 Å². The van der Waals surface area contributed by atoms with Crippen LogP contribution < -0.4 is 0 Å². The van der Waals surface area contributed by atoms with Crippen molar-refractivity contribution in [1.29, 1.82) is 0 Å². The fourth-order valence-electron chi connectivity index (χ4n) is 2.24. The molecule has 0 aromatic carbocycles. The zero-order valence-corrected chi connectivity index (χ0v) is 14.2. The Morgan fingerprint density at radius 1 is 1.13 bits per heavy atom. The predicted octanol–water partition coefficient (Wildman–Crippen LogP) is 1.48. The van der Waals surface area contributed by atoms with Crippen LogP contribution in [0.3, 0.4) is 0 Å². The third-order valence-corrected chi connectivity index (χ3v) is 4.90. The van der Waals surface area contributed by atoms with Crippen molar-refractivity contribution in [3.05, 3.63) is 0 Å². The first-order valence-corrected chi connectivity index (χ1v) is 9.03. The summed E-state index contributed by atoms with van der Waals surface area (Å²) in [6, 6.07) is 0. The number of carboxylic acid groups (broad SMARTS) is 1. The van der Waals surface area contributed by atoms with Gasteiger partial charge in [0.1, 0.15) is 5.60 Å². The molecule has 0 aliphatic rings. The van der Waals surface area contributed by atoms with Gasteiger partial charge in [-0.15, -0.1) is 0 Å². The van der Waals surface area contributed by atoms with Crippen molar-refractivity contribution in [3.8, 4) is 0 Å². The predicted molar refractivity (Wildman–Crippen MR) is 89.7 cm³/mol. The summed E-state index contributed by atoms with van der Waals surface area (Å²) < 4.78 is 36.8. The first kappa shape index (κ1) is 25.4. The van der Waals surface area contributed by atoms with E-state index in [0.29, 0.717) is 19.3 Å². The van der Waals surface area contributed by atoms with Gasteiger partial charge in [-0.05, 0) is 25.7 Å². The van der Waals surface area contributed by atoms with E-state index in [1.165, 1.54) is 0 Å². The van der Waals surface area contributed by atoms with Gasteiger partial charge in [-0.1, -0.05) is 33.6 Å². The Hall–Kier alpha value is 0.110. The van der Waals surface area contributed by atoms with Crippen LogP contribution in [0.5, 0.6) is 0 Å². The number of ether oxygens (including phenoxy) is 1. The molecular weight excluding hydrogens is 352 g/mol. The van der Waals surface area contributed by atoms with E-state index in [0.717, 1.165) is 19.3 Å². The molecule has 0 aromatic heterocycles. The molecule has 1 atom stereocenters. The van der Waals surface area contributed by atoms with Crippen LogP contribution >= 0.6 is 0 Å². The van der Waals surface area contributed by atoms with Gasteiger partial charge in [0.25, 0.3) is 10.1 Å². The van der Waals surface area contributed by atoms with Gasteiger partial charge in [-0.3, -0.25) is 14.1 Å². The number of hydrogen-bond acceptors (Lipinski definition) is 5. The van der Waals surface area contributed by atoms with Crippen LogP contribution in [0, 0.1) is 0 Å². The number of carbonyl (C=O) groups excluding carboxylic acids is 1. The van der Waals surface area contributed by atoms with Crippen LogP contribution in [0.25, 0.3) is 0 Å². The van der Waals surface area contributed by atoms with Gasteiger partial charge in [0.05, 0.1) is 6.42 Å². The molecule has 0 rings (SSSR count). The summed E-state index contributed by atoms with van der Waals surface area (Å²) in [5, 5.41) is 6.61. The van der Waals surface area contributed by atoms with Crippen molar-refractivity contribution in [2.24, 2.45) is 0 Å². The van der Waals surface area contributed by atoms with Crippen LogP contribution in [-0.2, 0) is 24.4 Å². The van der Waals surface area contributed by atoms with Crippen molar-refractivity contribution < 1.29 is 32.4 Å². The van der Waals surface area contributed by atoms with Crippen LogP contribution in [0.15, 0.2) is 0 Å². The molecule has 134 valence electrons. The molecule has 0 aromatic rings. The number of aliphatic carboxylic acids is 1. The molecule has 0 spiro atoms. The Labute approximate surface area is 167 Å². The Balaban J connectivity index is 0. The zero-order valence-electron chi connectivity index (χ0n) is 13.4. The summed E-state index contributed by atoms with van der Waals surface area (Å²) >= 11 is 0. The number of hydrogen-bond donors (Lipinski definition) is 2. The van der Waals surface area contributed by atoms with Crippen molar-refractivity contribution in [2.75, 3.05) is 0 Å². The summed E-state index contributed by atoms with van der Waals surface area (Å²) in [4.78, 5) is 22.8. The Bertz CT molecular complexity index is 472. The van der Waals surface area contributed by atoms with Gasteiger partial charge in [-0.25, -0.2) is 0 Å². The molecule has 1 unspecified atom stereocenters. The molecule has 0 heterocycles. The second-order valence-corrected chi connectivity index (χ2v) is 6.97. The Kier molecular flexibility index (Phi) is 12.8. The molecule has 0 radical (unpaired) electrons. The normalized spacial score (nSPS) is 13.0. The number of unbranched alkanes of at least 4 members (excludes halogenated alkanes) is 2. The van der Waals surface area contributed by atoms with Crippen molar-refractivity contribution in [3.63, 3.8) is 0 Å². The second kappa shape index (κ2) is 11.6. The third kappa shape index (κ3) is 9.24. The minimum absolute atomic E-state index is 0. The van der Waals surface area contributed by atoms with Gasteiger partial charge in [0, 0.05) is 0 Å². The van der Waals surface area contributed by atoms with Gasteiger partial charge in [-0.2, -0.15) is 8.42 Å². The number of carbonyl (C=O) groups is 2. The van der Waals surface area contributed by atoms with E-state index in [4.69, 9.17) is 14.4 Å². The number of rotatable bonds is 11. The molecule has 23 heavy (non-hydrogen) atoms. The molecule has 0 fully saturated rings. The Morgan fingerprint density at radius 2 is 1.65 bits per heavy atom. The number of carboxylic acids is 1. The molecule has 0 saturated carbocycles. The maximum atomic E-state index is 12.1. The quantitative estimate of drug-likeness (QED) is 0.241. The van der Waals surface area contributed by atoms with Crippen LogP contribution in [0.4, 0.5) is 0 Å². The zero-order chi connectivity index (χ0) is 17.4. The van der Waals surface area contributed by atoms with E-state index in [2.05, 4.69) is 0 Å². The van der Waals surface area contributed by atoms with Crippen LogP contribution in [0.2, 0.25) is 0 Å². The molecule has 0 aliphatic carbocycles. The second-order valence-electron chi connectivity index (χ2n) is 5.37. The standard InChI is InChI=1S/C14H26O7S.Ca.2H/c1-4-7-8-9-14(5-2,6-3)21-13(17)11(10-12(15)16)22(18,19)20;;;/h11H,4-10H2,1-3H3,(H,15,16)(H,18,19,20);;;. The fourth-order valence-corrected chi connectivity index (χ4v) is 2.89. The first-order valence-electron chi connectivity index (χ1n) is 7.52. The van der Waals surface area contributed by atoms with Crippen LogP contribution in [-0.4, -0.2) is 78.6 Å². The average Bonchev–Trinajstić information content (AvgIpc) is 2.42. The summed E-state index contributed by atoms with van der Waals surface area (Å²) in [6.45, 7) is 5.68. The Morgan fingerprint density at radius 3 is 2.00 bits per heavy atom. The third-order valence-electron chi connectivity index (χ3n) is 3.82. The summed E-state index contributed by atoms with van der Waals surface area (Å²) in [5.41, 5.74) is -0.826. The van der Waals surface area contributed by atoms with Gasteiger partial charge >= 0.3 is 49.7 Å².